The number of sulfone groups is 1. The Labute approximate surface area is 411 Å². The van der Waals surface area contributed by atoms with Gasteiger partial charge in [-0.05, 0) is 54.6 Å². The molecule has 3 unspecified atom stereocenters. The molecule has 1 amide bonds. The second-order valence-corrected chi connectivity index (χ2v) is 20.7. The molecule has 4 heterocycles. The summed E-state index contributed by atoms with van der Waals surface area (Å²) >= 11 is 3.49. The van der Waals surface area contributed by atoms with Crippen LogP contribution in [0.4, 0.5) is 10.5 Å². The normalized spacial score (nSPS) is 29.5. The number of nitrogens with zero attached hydrogens (tertiary/aromatic N) is 4. The van der Waals surface area contributed by atoms with Gasteiger partial charge in [-0.15, -0.1) is 0 Å². The van der Waals surface area contributed by atoms with E-state index in [9.17, 15) is 69.2 Å². The Morgan fingerprint density at radius 2 is 1.82 bits per heavy atom. The van der Waals surface area contributed by atoms with E-state index in [1.54, 1.807) is 13.0 Å². The van der Waals surface area contributed by atoms with Gasteiger partial charge < -0.3 is 78.7 Å². The van der Waals surface area contributed by atoms with Gasteiger partial charge in [-0.2, -0.15) is 0 Å². The van der Waals surface area contributed by atoms with Crippen molar-refractivity contribution >= 4 is 60.1 Å². The van der Waals surface area contributed by atoms with Gasteiger partial charge in [-0.25, -0.2) is 18.0 Å². The van der Waals surface area contributed by atoms with Crippen molar-refractivity contribution in [1.29, 1.82) is 0 Å². The Balaban J connectivity index is 1.13. The Morgan fingerprint density at radius 3 is 2.45 bits per heavy atom. The quantitative estimate of drug-likeness (QED) is 0.0292. The van der Waals surface area contributed by atoms with Crippen LogP contribution in [0.1, 0.15) is 51.6 Å². The van der Waals surface area contributed by atoms with Crippen LogP contribution in [0.5, 0.6) is 23.0 Å². The molecule has 3 aromatic carbocycles. The number of aromatic hydroxyl groups is 1. The maximum absolute atomic E-state index is 14.1. The molecule has 3 saturated heterocycles. The predicted molar refractivity (Wildman–Crippen MR) is 243 cm³/mol. The van der Waals surface area contributed by atoms with E-state index < -0.39 is 139 Å². The second-order valence-electron chi connectivity index (χ2n) is 17.9. The van der Waals surface area contributed by atoms with Gasteiger partial charge in [0.25, 0.3) is 0 Å². The Bertz CT molecular complexity index is 2790. The predicted octanol–water partition coefficient (Wildman–Crippen LogP) is 1.28. The molecule has 0 spiro atoms. The van der Waals surface area contributed by atoms with Gasteiger partial charge in [0.15, 0.2) is 23.1 Å². The maximum atomic E-state index is 14.1. The number of fused-ring (bicyclic) bond motifs is 6. The van der Waals surface area contributed by atoms with Crippen molar-refractivity contribution in [3.05, 3.63) is 62.5 Å². The minimum Gasteiger partial charge on any atom is -0.506 e. The number of azide groups is 1. The highest BCUT2D eigenvalue weighted by Crippen LogP contribution is 2.69. The molecule has 3 fully saturated rings. The molecular weight excluding hydrogens is 1030 g/mol. The molecule has 25 nitrogen and oxygen atoms in total. The molecule has 71 heavy (non-hydrogen) atoms. The molecule has 0 aromatic heterocycles. The number of halogens is 1. The number of aliphatic carboxylic acids is 1. The number of carbonyl (C=O) groups is 3. The highest BCUT2D eigenvalue weighted by atomic mass is 79.9. The van der Waals surface area contributed by atoms with Crippen LogP contribution in [-0.2, 0) is 51.3 Å². The molecule has 1 aliphatic carbocycles. The number of carbonyl (C=O) groups excluding carboxylic acids is 2. The molecule has 386 valence electrons. The van der Waals surface area contributed by atoms with E-state index in [1.807, 2.05) is 0 Å². The molecule has 8 N–H and O–H groups in total. The average molecular weight is 1080 g/mol. The number of ketones is 1. The van der Waals surface area contributed by atoms with Crippen molar-refractivity contribution in [2.75, 3.05) is 57.5 Å². The van der Waals surface area contributed by atoms with Gasteiger partial charge in [0.2, 0.25) is 12.1 Å². The molecule has 0 radical (unpaired) electrons. The lowest BCUT2D eigenvalue weighted by Gasteiger charge is -2.57. The molecular formula is C44H51BrN4O21S. The summed E-state index contributed by atoms with van der Waals surface area (Å²) in [5.74, 6) is -6.48. The van der Waals surface area contributed by atoms with E-state index in [2.05, 4.69) is 26.0 Å². The van der Waals surface area contributed by atoms with Crippen molar-refractivity contribution in [2.45, 2.75) is 92.7 Å². The van der Waals surface area contributed by atoms with Gasteiger partial charge in [-0.1, -0.05) is 27.1 Å². The molecule has 0 saturated carbocycles. The zero-order chi connectivity index (χ0) is 51.5. The van der Waals surface area contributed by atoms with Crippen LogP contribution in [0.3, 0.4) is 0 Å². The highest BCUT2D eigenvalue weighted by Gasteiger charge is 2.86. The standard InChI is InChI=1S/C44H51BrN4O21S/c1-19-11-23-29(30(54)28-22(34(23)63-2)5-4-6-25(28)53)35-27(19)36-38-42(17-52,68-35)43(16-45,44(69-36,70-38)21(13-50)14-51)65-18-49(9-10-71(3,61)62)41(60)64-15-20-7-8-26(24(12-20)47-48-46)66-40-33(57)31(55)32(56)37(67-40)39(58)59/h7-8,11-12,21,31-33,36-38,40,50-52,54-57H,4-6,9-10,13-18H2,1-3H3,(H,58,59)/t31-,32-,33+,36?,37-,38?,40+,42+,43-,44?/m0/s1. The van der Waals surface area contributed by atoms with Crippen LogP contribution in [0.25, 0.3) is 21.2 Å². The SMILES string of the molecule is COc1c2c(c(O)c3c4c(c(C)cc13)C1OC3(C(CO)CO)OC1[C@@](CO)(O4)[C@]3(CBr)OCN(CCS(C)(=O)=O)C(=O)OCc1ccc(O[C@@H]3O[C@H](C(=O)O)[C@@H](O)[C@H](O)[C@H]3O)c(N=[N+]=[N-])c1)C(=O)CCC2. The third-order valence-corrected chi connectivity index (χ3v) is 15.5. The van der Waals surface area contributed by atoms with Crippen LogP contribution in [0, 0.1) is 12.8 Å². The molecule has 8 rings (SSSR count). The Hall–Kier alpha value is -5.13. The first kappa shape index (κ1) is 52.2. The maximum Gasteiger partial charge on any atom is 0.411 e. The lowest BCUT2D eigenvalue weighted by molar-refractivity contribution is -0.336. The number of ether oxygens (including phenoxy) is 8. The summed E-state index contributed by atoms with van der Waals surface area (Å²) in [6.45, 7) is -2.68. The summed E-state index contributed by atoms with van der Waals surface area (Å²) in [6.07, 6.45) is -11.3. The number of hydrogen-bond donors (Lipinski definition) is 8. The first-order valence-corrected chi connectivity index (χ1v) is 25.3. The van der Waals surface area contributed by atoms with Crippen molar-refractivity contribution in [1.82, 2.24) is 4.90 Å². The van der Waals surface area contributed by atoms with Crippen LogP contribution >= 0.6 is 15.9 Å². The molecule has 3 aromatic rings. The van der Waals surface area contributed by atoms with E-state index in [0.29, 0.717) is 40.7 Å². The summed E-state index contributed by atoms with van der Waals surface area (Å²) in [4.78, 5) is 42.7. The van der Waals surface area contributed by atoms with Gasteiger partial charge in [0, 0.05) is 46.0 Å². The van der Waals surface area contributed by atoms with E-state index in [-0.39, 0.29) is 51.2 Å². The summed E-state index contributed by atoms with van der Waals surface area (Å²) < 4.78 is 74.3. The lowest BCUT2D eigenvalue weighted by Crippen LogP contribution is -2.77. The van der Waals surface area contributed by atoms with Crippen LogP contribution in [0.2, 0.25) is 0 Å². The summed E-state index contributed by atoms with van der Waals surface area (Å²) in [7, 11) is -2.35. The number of Topliss-reactive ketones (excluding diaryl/α,β-unsaturated/α-hetero) is 1. The average Bonchev–Trinajstić information content (AvgIpc) is 3.84. The zero-order valence-corrected chi connectivity index (χ0v) is 40.6. The molecule has 2 bridgehead atoms. The number of aliphatic hydroxyl groups excluding tert-OH is 6. The fourth-order valence-corrected chi connectivity index (χ4v) is 11.8. The third-order valence-electron chi connectivity index (χ3n) is 13.7. The number of amides is 1. The van der Waals surface area contributed by atoms with E-state index >= 15 is 0 Å². The highest BCUT2D eigenvalue weighted by molar-refractivity contribution is 9.09. The number of carboxylic acid groups (broad SMARTS) is 1. The fraction of sp³-hybridized carbons (Fsp3) is 0.568. The van der Waals surface area contributed by atoms with Gasteiger partial charge >= 0.3 is 12.1 Å². The number of hydrogen-bond acceptors (Lipinski definition) is 21. The van der Waals surface area contributed by atoms with Crippen molar-refractivity contribution < 1.29 is 102 Å². The second kappa shape index (κ2) is 19.7. The molecule has 4 aliphatic heterocycles. The molecule has 5 aliphatic rings. The third kappa shape index (κ3) is 8.38. The number of carboxylic acids is 1. The molecule has 10 atom stereocenters. The first-order valence-electron chi connectivity index (χ1n) is 22.1. The number of aryl methyl sites for hydroxylation is 1. The zero-order valence-electron chi connectivity index (χ0n) is 38.2. The van der Waals surface area contributed by atoms with Crippen molar-refractivity contribution in [3.63, 3.8) is 0 Å². The monoisotopic (exact) mass is 1080 g/mol. The van der Waals surface area contributed by atoms with Crippen LogP contribution in [-0.4, -0.2) is 183 Å². The number of phenolic OH excluding ortho intramolecular Hbond substituents is 1. The number of aliphatic hydroxyl groups is 6. The Kier molecular flexibility index (Phi) is 14.5. The fourth-order valence-electron chi connectivity index (χ4n) is 10.3. The summed E-state index contributed by atoms with van der Waals surface area (Å²) in [5, 5.41) is 89.1. The smallest absolute Gasteiger partial charge is 0.411 e. The van der Waals surface area contributed by atoms with E-state index in [0.717, 1.165) is 11.2 Å². The van der Waals surface area contributed by atoms with Gasteiger partial charge in [0.1, 0.15) is 76.7 Å². The number of phenols is 1. The van der Waals surface area contributed by atoms with Gasteiger partial charge in [-0.3, -0.25) is 9.69 Å². The van der Waals surface area contributed by atoms with Crippen molar-refractivity contribution in [2.24, 2.45) is 11.0 Å². The number of rotatable bonds is 18. The lowest BCUT2D eigenvalue weighted by atomic mass is 9.68. The first-order chi connectivity index (χ1) is 33.7. The van der Waals surface area contributed by atoms with Gasteiger partial charge in [0.05, 0.1) is 55.2 Å². The van der Waals surface area contributed by atoms with E-state index in [4.69, 9.17) is 37.9 Å². The topological polar surface area (TPSA) is 373 Å². The Morgan fingerprint density at radius 1 is 1.08 bits per heavy atom. The van der Waals surface area contributed by atoms with E-state index in [1.165, 1.54) is 25.3 Å². The summed E-state index contributed by atoms with van der Waals surface area (Å²) in [6, 6.07) is 5.43. The number of alkyl halides is 1. The molecule has 27 heteroatoms. The number of benzene rings is 3. The van der Waals surface area contributed by atoms with Crippen LogP contribution in [0.15, 0.2) is 29.4 Å². The minimum atomic E-state index is -3.78. The van der Waals surface area contributed by atoms with Crippen molar-refractivity contribution in [3.8, 4) is 23.0 Å². The minimum absolute atomic E-state index is 0.0157. The van der Waals surface area contributed by atoms with Crippen LogP contribution < -0.4 is 14.2 Å². The largest absolute Gasteiger partial charge is 0.506 e. The number of methoxy groups -OCH3 is 1. The summed E-state index contributed by atoms with van der Waals surface area (Å²) in [5.41, 5.74) is 6.43.